The maximum atomic E-state index is 12.4. The number of fused-ring (bicyclic) bond motifs is 1. The largest absolute Gasteiger partial charge is 0.465 e. The van der Waals surface area contributed by atoms with Gasteiger partial charge in [-0.25, -0.2) is 4.79 Å². The van der Waals surface area contributed by atoms with Crippen molar-refractivity contribution >= 4 is 22.7 Å². The average molecular weight is 271 g/mol. The van der Waals surface area contributed by atoms with E-state index in [4.69, 9.17) is 0 Å². The maximum absolute atomic E-state index is 12.4. The molecule has 0 aliphatic carbocycles. The van der Waals surface area contributed by atoms with E-state index >= 15 is 0 Å². The predicted molar refractivity (Wildman–Crippen MR) is 77.6 cm³/mol. The standard InChI is InChI=1S/C16H17NO3/c1-3-4-8-12(16(19)20-2)15(18)14-10-11-7-5-6-9-13(11)17-14/h5-10,17H,3-4H2,1-2H3/b12-8-. The summed E-state index contributed by atoms with van der Waals surface area (Å²) in [6.07, 6.45) is 3.16. The van der Waals surface area contributed by atoms with Crippen LogP contribution >= 0.6 is 0 Å². The molecule has 0 bridgehead atoms. The quantitative estimate of drug-likeness (QED) is 0.298. The van der Waals surface area contributed by atoms with Gasteiger partial charge < -0.3 is 9.72 Å². The van der Waals surface area contributed by atoms with E-state index in [0.29, 0.717) is 12.1 Å². The van der Waals surface area contributed by atoms with E-state index in [1.165, 1.54) is 7.11 Å². The fourth-order valence-electron chi connectivity index (χ4n) is 2.01. The van der Waals surface area contributed by atoms with Gasteiger partial charge in [-0.1, -0.05) is 37.6 Å². The van der Waals surface area contributed by atoms with Crippen LogP contribution in [0.4, 0.5) is 0 Å². The van der Waals surface area contributed by atoms with E-state index in [0.717, 1.165) is 17.3 Å². The number of methoxy groups -OCH3 is 1. The molecule has 0 fully saturated rings. The second-order valence-corrected chi connectivity index (χ2v) is 4.50. The molecule has 4 nitrogen and oxygen atoms in total. The Balaban J connectivity index is 2.38. The number of carbonyl (C=O) groups is 2. The number of ether oxygens (including phenoxy) is 1. The molecular formula is C16H17NO3. The van der Waals surface area contributed by atoms with Crippen LogP contribution in [0, 0.1) is 0 Å². The monoisotopic (exact) mass is 271 g/mol. The first-order valence-electron chi connectivity index (χ1n) is 6.58. The highest BCUT2D eigenvalue weighted by atomic mass is 16.5. The van der Waals surface area contributed by atoms with Gasteiger partial charge in [-0.2, -0.15) is 0 Å². The lowest BCUT2D eigenvalue weighted by Crippen LogP contribution is -2.15. The Morgan fingerprint density at radius 2 is 2.05 bits per heavy atom. The summed E-state index contributed by atoms with van der Waals surface area (Å²) in [5, 5.41) is 0.940. The number of hydrogen-bond donors (Lipinski definition) is 1. The molecule has 0 saturated heterocycles. The van der Waals surface area contributed by atoms with Crippen LogP contribution in [0.3, 0.4) is 0 Å². The predicted octanol–water partition coefficient (Wildman–Crippen LogP) is 3.25. The third-order valence-corrected chi connectivity index (χ3v) is 3.06. The number of unbranched alkanes of at least 4 members (excludes halogenated alkanes) is 1. The van der Waals surface area contributed by atoms with Gasteiger partial charge in [0.15, 0.2) is 0 Å². The van der Waals surface area contributed by atoms with Crippen molar-refractivity contribution < 1.29 is 14.3 Å². The van der Waals surface area contributed by atoms with E-state index in [1.54, 1.807) is 12.1 Å². The third kappa shape index (κ3) is 2.79. The molecule has 1 aromatic carbocycles. The molecule has 20 heavy (non-hydrogen) atoms. The molecule has 0 saturated carbocycles. The Hall–Kier alpha value is -2.36. The molecule has 1 heterocycles. The molecule has 0 spiro atoms. The third-order valence-electron chi connectivity index (χ3n) is 3.06. The van der Waals surface area contributed by atoms with Crippen molar-refractivity contribution in [2.45, 2.75) is 19.8 Å². The average Bonchev–Trinajstić information content (AvgIpc) is 2.90. The summed E-state index contributed by atoms with van der Waals surface area (Å²) in [5.41, 5.74) is 1.36. The minimum absolute atomic E-state index is 0.0842. The number of nitrogens with one attached hydrogen (secondary N) is 1. The summed E-state index contributed by atoms with van der Waals surface area (Å²) < 4.78 is 4.68. The van der Waals surface area contributed by atoms with Crippen LogP contribution in [0.5, 0.6) is 0 Å². The van der Waals surface area contributed by atoms with Crippen molar-refractivity contribution in [3.05, 3.63) is 47.7 Å². The van der Waals surface area contributed by atoms with Gasteiger partial charge in [0, 0.05) is 10.9 Å². The highest BCUT2D eigenvalue weighted by Crippen LogP contribution is 2.18. The fraction of sp³-hybridized carbons (Fsp3) is 0.250. The van der Waals surface area contributed by atoms with E-state index in [1.807, 2.05) is 31.2 Å². The van der Waals surface area contributed by atoms with E-state index in [2.05, 4.69) is 9.72 Å². The van der Waals surface area contributed by atoms with Crippen molar-refractivity contribution in [3.63, 3.8) is 0 Å². The zero-order chi connectivity index (χ0) is 14.5. The molecule has 0 unspecified atom stereocenters. The van der Waals surface area contributed by atoms with Crippen LogP contribution < -0.4 is 0 Å². The number of ketones is 1. The molecule has 4 heteroatoms. The minimum Gasteiger partial charge on any atom is -0.465 e. The van der Waals surface area contributed by atoms with Crippen molar-refractivity contribution in [1.29, 1.82) is 0 Å². The number of aromatic nitrogens is 1. The van der Waals surface area contributed by atoms with Gasteiger partial charge in [-0.3, -0.25) is 4.79 Å². The summed E-state index contributed by atoms with van der Waals surface area (Å²) in [6, 6.07) is 9.34. The van der Waals surface area contributed by atoms with Crippen LogP contribution in [0.15, 0.2) is 42.0 Å². The van der Waals surface area contributed by atoms with Gasteiger partial charge in [0.25, 0.3) is 0 Å². The smallest absolute Gasteiger partial charge is 0.341 e. The second kappa shape index (κ2) is 6.19. The fourth-order valence-corrected chi connectivity index (χ4v) is 2.01. The number of carbonyl (C=O) groups excluding carboxylic acids is 2. The van der Waals surface area contributed by atoms with Crippen LogP contribution in [0.2, 0.25) is 0 Å². The number of rotatable bonds is 5. The minimum atomic E-state index is -0.595. The second-order valence-electron chi connectivity index (χ2n) is 4.50. The lowest BCUT2D eigenvalue weighted by molar-refractivity contribution is -0.135. The van der Waals surface area contributed by atoms with Crippen molar-refractivity contribution in [2.75, 3.05) is 7.11 Å². The summed E-state index contributed by atoms with van der Waals surface area (Å²) in [6.45, 7) is 1.98. The number of Topliss-reactive ketones (excluding diaryl/α,β-unsaturated/α-hetero) is 1. The highest BCUT2D eigenvalue weighted by molar-refractivity contribution is 6.24. The Labute approximate surface area is 117 Å². The lowest BCUT2D eigenvalue weighted by Gasteiger charge is -2.03. The first-order valence-corrected chi connectivity index (χ1v) is 6.58. The lowest BCUT2D eigenvalue weighted by atomic mass is 10.1. The zero-order valence-corrected chi connectivity index (χ0v) is 11.6. The molecule has 2 aromatic rings. The first kappa shape index (κ1) is 14.1. The Morgan fingerprint density at radius 1 is 1.30 bits per heavy atom. The Morgan fingerprint density at radius 3 is 2.70 bits per heavy atom. The molecule has 0 atom stereocenters. The molecule has 0 radical (unpaired) electrons. The maximum Gasteiger partial charge on any atom is 0.341 e. The normalized spacial score (nSPS) is 11.6. The number of benzene rings is 1. The van der Waals surface area contributed by atoms with Gasteiger partial charge >= 0.3 is 5.97 Å². The Bertz CT molecular complexity index is 634. The van der Waals surface area contributed by atoms with E-state index < -0.39 is 5.97 Å². The van der Waals surface area contributed by atoms with Crippen LogP contribution in [0.1, 0.15) is 30.3 Å². The number of para-hydroxylation sites is 1. The summed E-state index contributed by atoms with van der Waals surface area (Å²) in [4.78, 5) is 27.2. The molecule has 1 N–H and O–H groups in total. The molecule has 2 rings (SSSR count). The summed E-state index contributed by atoms with van der Waals surface area (Å²) >= 11 is 0. The molecule has 0 amide bonds. The molecule has 0 aliphatic heterocycles. The van der Waals surface area contributed by atoms with Gasteiger partial charge in [0.2, 0.25) is 5.78 Å². The molecular weight excluding hydrogens is 254 g/mol. The van der Waals surface area contributed by atoms with Crippen molar-refractivity contribution in [3.8, 4) is 0 Å². The first-order chi connectivity index (χ1) is 9.67. The van der Waals surface area contributed by atoms with Gasteiger partial charge in [0.05, 0.1) is 12.8 Å². The Kier molecular flexibility index (Phi) is 4.35. The van der Waals surface area contributed by atoms with Gasteiger partial charge in [0.1, 0.15) is 5.57 Å². The van der Waals surface area contributed by atoms with Crippen LogP contribution in [-0.2, 0) is 9.53 Å². The van der Waals surface area contributed by atoms with Crippen LogP contribution in [0.25, 0.3) is 10.9 Å². The zero-order valence-electron chi connectivity index (χ0n) is 11.6. The topological polar surface area (TPSA) is 59.2 Å². The summed E-state index contributed by atoms with van der Waals surface area (Å²) in [7, 11) is 1.28. The van der Waals surface area contributed by atoms with E-state index in [9.17, 15) is 9.59 Å². The van der Waals surface area contributed by atoms with Gasteiger partial charge in [-0.15, -0.1) is 0 Å². The van der Waals surface area contributed by atoms with Crippen LogP contribution in [-0.4, -0.2) is 23.8 Å². The SMILES string of the molecule is CCC/C=C(\C(=O)OC)C(=O)c1cc2ccccc2[nH]1. The number of H-pyrrole nitrogens is 1. The molecule has 104 valence electrons. The molecule has 0 aliphatic rings. The van der Waals surface area contributed by atoms with Gasteiger partial charge in [-0.05, 0) is 18.6 Å². The van der Waals surface area contributed by atoms with Crippen molar-refractivity contribution in [1.82, 2.24) is 4.98 Å². The van der Waals surface area contributed by atoms with Crippen molar-refractivity contribution in [2.24, 2.45) is 0 Å². The number of allylic oxidation sites excluding steroid dienone is 1. The molecule has 1 aromatic heterocycles. The number of aromatic amines is 1. The summed E-state index contributed by atoms with van der Waals surface area (Å²) in [5.74, 6) is -0.927. The van der Waals surface area contributed by atoms with E-state index in [-0.39, 0.29) is 11.4 Å². The number of hydrogen-bond acceptors (Lipinski definition) is 3. The highest BCUT2D eigenvalue weighted by Gasteiger charge is 2.21. The number of esters is 1.